The quantitative estimate of drug-likeness (QED) is 0.350. The molecule has 6 nitrogen and oxygen atoms in total. The summed E-state index contributed by atoms with van der Waals surface area (Å²) in [5, 5.41) is 1.37. The first-order chi connectivity index (χ1) is 14.8. The van der Waals surface area contributed by atoms with Gasteiger partial charge in [-0.25, -0.2) is 0 Å². The highest BCUT2D eigenvalue weighted by atomic mass is 28.4. The first kappa shape index (κ1) is 21.8. The van der Waals surface area contributed by atoms with Crippen molar-refractivity contribution in [1.82, 2.24) is 14.7 Å². The van der Waals surface area contributed by atoms with E-state index in [-0.39, 0.29) is 11.6 Å². The third kappa shape index (κ3) is 5.44. The third-order valence-electron chi connectivity index (χ3n) is 5.42. The van der Waals surface area contributed by atoms with Gasteiger partial charge in [0.05, 0.1) is 5.70 Å². The molecule has 3 heterocycles. The van der Waals surface area contributed by atoms with E-state index in [1.54, 1.807) is 0 Å². The second-order valence-electron chi connectivity index (χ2n) is 9.19. The number of hydrogen-bond acceptors (Lipinski definition) is 6. The first-order valence-electron chi connectivity index (χ1n) is 10.9. The fraction of sp³-hybridized carbons (Fsp3) is 0.391. The Morgan fingerprint density at radius 2 is 1.52 bits per heavy atom. The average molecular weight is 454 g/mol. The molecule has 3 saturated heterocycles. The zero-order chi connectivity index (χ0) is 22.2. The smallest absolute Gasteiger partial charge is 0.227 e. The molecule has 0 saturated carbocycles. The van der Waals surface area contributed by atoms with E-state index in [4.69, 9.17) is 4.12 Å². The highest BCUT2D eigenvalue weighted by Crippen LogP contribution is 2.33. The van der Waals surface area contributed by atoms with Crippen LogP contribution in [0.25, 0.3) is 6.08 Å². The van der Waals surface area contributed by atoms with Crippen LogP contribution in [0.2, 0.25) is 19.6 Å². The zero-order valence-electron chi connectivity index (χ0n) is 18.7. The van der Waals surface area contributed by atoms with Crippen LogP contribution in [-0.2, 0) is 13.7 Å². The van der Waals surface area contributed by atoms with E-state index in [1.165, 1.54) is 16.8 Å². The summed E-state index contributed by atoms with van der Waals surface area (Å²) in [6.45, 7) is 15.9. The van der Waals surface area contributed by atoms with Gasteiger partial charge in [-0.1, -0.05) is 36.9 Å². The molecule has 1 aromatic carbocycles. The van der Waals surface area contributed by atoms with Crippen LogP contribution in [0.1, 0.15) is 5.56 Å². The molecule has 3 aliphatic heterocycles. The molecular weight excluding hydrogens is 422 g/mol. The van der Waals surface area contributed by atoms with Crippen molar-refractivity contribution in [3.05, 3.63) is 59.6 Å². The van der Waals surface area contributed by atoms with Crippen molar-refractivity contribution >= 4 is 40.9 Å². The minimum Gasteiger partial charge on any atom is -0.457 e. The Morgan fingerprint density at radius 1 is 0.935 bits per heavy atom. The summed E-state index contributed by atoms with van der Waals surface area (Å²) >= 11 is 0. The Hall–Kier alpha value is -2.43. The van der Waals surface area contributed by atoms with Crippen LogP contribution in [0, 0.1) is 0 Å². The Kier molecular flexibility index (Phi) is 6.05. The summed E-state index contributed by atoms with van der Waals surface area (Å²) in [5.41, 5.74) is 3.12. The number of Topliss-reactive ketones (excluding diaryl/α,β-unsaturated/α-hetero) is 1. The second-order valence-corrected chi connectivity index (χ2v) is 15.6. The molecule has 0 aromatic heterocycles. The topological polar surface area (TPSA) is 52.4 Å². The Balaban J connectivity index is 0.000000153. The minimum absolute atomic E-state index is 0.00546. The molecule has 1 aromatic rings. The van der Waals surface area contributed by atoms with E-state index in [0.717, 1.165) is 39.3 Å². The first-order valence-corrected chi connectivity index (χ1v) is 15.6. The highest BCUT2D eigenvalue weighted by Gasteiger charge is 2.43. The van der Waals surface area contributed by atoms with Gasteiger partial charge in [-0.15, -0.1) is 0 Å². The SMILES string of the molecule is C=Cc1ccccc1[SiH2]O[Si](C)(C)C.O=C1C=C(N2CC2)C(=O)C(N2CC2)=C1N1CC1. The Morgan fingerprint density at radius 3 is 2.06 bits per heavy atom. The number of benzene rings is 1. The van der Waals surface area contributed by atoms with Gasteiger partial charge in [-0.2, -0.15) is 0 Å². The molecule has 164 valence electrons. The molecule has 0 radical (unpaired) electrons. The molecule has 0 spiro atoms. The summed E-state index contributed by atoms with van der Waals surface area (Å²) in [6.07, 6.45) is 3.44. The van der Waals surface area contributed by atoms with Gasteiger partial charge in [0.15, 0.2) is 18.1 Å². The molecule has 0 unspecified atom stereocenters. The predicted molar refractivity (Wildman–Crippen MR) is 129 cm³/mol. The molecule has 0 amide bonds. The lowest BCUT2D eigenvalue weighted by atomic mass is 10.0. The molecule has 0 atom stereocenters. The maximum atomic E-state index is 12.4. The highest BCUT2D eigenvalue weighted by molar-refractivity contribution is 6.76. The monoisotopic (exact) mass is 453 g/mol. The van der Waals surface area contributed by atoms with Crippen molar-refractivity contribution in [2.75, 3.05) is 39.3 Å². The molecule has 31 heavy (non-hydrogen) atoms. The number of rotatable bonds is 7. The van der Waals surface area contributed by atoms with Gasteiger partial charge in [0.2, 0.25) is 11.6 Å². The van der Waals surface area contributed by atoms with E-state index in [1.807, 2.05) is 26.8 Å². The maximum Gasteiger partial charge on any atom is 0.227 e. The molecule has 3 fully saturated rings. The van der Waals surface area contributed by atoms with E-state index in [9.17, 15) is 9.59 Å². The number of carbonyl (C=O) groups is 2. The standard InChI is InChI=1S/C12H13N3O2.C11H18OSi2/c16-9-7-8(13-1-2-13)12(17)11(15-5-6-15)10(9)14-3-4-14;1-5-10-8-6-7-9-11(10)13-12-14(2,3)4/h7H,1-6H2;5-9H,1,13H2,2-4H3. The van der Waals surface area contributed by atoms with Gasteiger partial charge in [-0.3, -0.25) is 9.59 Å². The molecule has 1 aliphatic carbocycles. The van der Waals surface area contributed by atoms with E-state index in [0.29, 0.717) is 17.1 Å². The van der Waals surface area contributed by atoms with E-state index >= 15 is 0 Å². The van der Waals surface area contributed by atoms with Crippen LogP contribution in [0.4, 0.5) is 0 Å². The van der Waals surface area contributed by atoms with Crippen molar-refractivity contribution in [2.45, 2.75) is 19.6 Å². The molecule has 8 heteroatoms. The summed E-state index contributed by atoms with van der Waals surface area (Å²) in [5.74, 6) is 0.0485. The average Bonchev–Trinajstić information content (AvgIpc) is 3.55. The van der Waals surface area contributed by atoms with Crippen LogP contribution >= 0.6 is 0 Å². The van der Waals surface area contributed by atoms with E-state index < -0.39 is 18.1 Å². The van der Waals surface area contributed by atoms with Crippen LogP contribution in [0.5, 0.6) is 0 Å². The van der Waals surface area contributed by atoms with Crippen LogP contribution in [-0.4, -0.2) is 83.6 Å². The lowest BCUT2D eigenvalue weighted by Crippen LogP contribution is -2.33. The van der Waals surface area contributed by atoms with Gasteiger partial charge >= 0.3 is 0 Å². The number of ketones is 2. The largest absolute Gasteiger partial charge is 0.457 e. The Bertz CT molecular complexity index is 969. The fourth-order valence-corrected chi connectivity index (χ4v) is 6.45. The van der Waals surface area contributed by atoms with Crippen LogP contribution < -0.4 is 5.19 Å². The summed E-state index contributed by atoms with van der Waals surface area (Å²) in [4.78, 5) is 30.5. The summed E-state index contributed by atoms with van der Waals surface area (Å²) in [7, 11) is -1.91. The fourth-order valence-electron chi connectivity index (χ4n) is 3.43. The molecule has 0 bridgehead atoms. The van der Waals surface area contributed by atoms with Crippen LogP contribution in [0.3, 0.4) is 0 Å². The maximum absolute atomic E-state index is 12.4. The number of allylic oxidation sites excluding steroid dienone is 1. The number of nitrogens with zero attached hydrogens (tertiary/aromatic N) is 3. The minimum atomic E-state index is -1.35. The lowest BCUT2D eigenvalue weighted by Gasteiger charge is -2.21. The van der Waals surface area contributed by atoms with Gasteiger partial charge in [0.1, 0.15) is 11.4 Å². The lowest BCUT2D eigenvalue weighted by molar-refractivity contribution is -0.117. The Labute approximate surface area is 187 Å². The zero-order valence-corrected chi connectivity index (χ0v) is 21.1. The van der Waals surface area contributed by atoms with Crippen molar-refractivity contribution in [3.8, 4) is 0 Å². The van der Waals surface area contributed by atoms with Crippen molar-refractivity contribution < 1.29 is 13.7 Å². The van der Waals surface area contributed by atoms with Gasteiger partial charge in [-0.05, 0) is 30.4 Å². The van der Waals surface area contributed by atoms with Gasteiger partial charge in [0.25, 0.3) is 0 Å². The van der Waals surface area contributed by atoms with Crippen LogP contribution in [0.15, 0.2) is 54.0 Å². The molecule has 0 N–H and O–H groups in total. The summed E-state index contributed by atoms with van der Waals surface area (Å²) < 4.78 is 5.99. The third-order valence-corrected chi connectivity index (χ3v) is 10.4. The number of carbonyl (C=O) groups excluding carboxylic acids is 2. The normalized spacial score (nSPS) is 20.1. The van der Waals surface area contributed by atoms with Crippen molar-refractivity contribution in [3.63, 3.8) is 0 Å². The number of hydrogen-bond donors (Lipinski definition) is 0. The summed E-state index contributed by atoms with van der Waals surface area (Å²) in [6, 6.07) is 8.37. The second kappa shape index (κ2) is 8.60. The van der Waals surface area contributed by atoms with Gasteiger partial charge in [0, 0.05) is 45.3 Å². The van der Waals surface area contributed by atoms with Crippen molar-refractivity contribution in [2.24, 2.45) is 0 Å². The molecular formula is C23H31N3O3Si2. The molecule has 5 rings (SSSR count). The van der Waals surface area contributed by atoms with Gasteiger partial charge < -0.3 is 18.8 Å². The van der Waals surface area contributed by atoms with Crippen molar-refractivity contribution in [1.29, 1.82) is 0 Å². The predicted octanol–water partition coefficient (Wildman–Crippen LogP) is 1.07. The molecule has 4 aliphatic rings. The van der Waals surface area contributed by atoms with E-state index in [2.05, 4.69) is 44.4 Å².